The summed E-state index contributed by atoms with van der Waals surface area (Å²) in [6.45, 7) is 6.61. The van der Waals surface area contributed by atoms with Gasteiger partial charge in [-0.2, -0.15) is 10.2 Å². The van der Waals surface area contributed by atoms with Gasteiger partial charge >= 0.3 is 0 Å². The first-order chi connectivity index (χ1) is 12.1. The number of benzene rings is 1. The van der Waals surface area contributed by atoms with Gasteiger partial charge in [0, 0.05) is 24.0 Å². The van der Waals surface area contributed by atoms with E-state index in [2.05, 4.69) is 40.6 Å². The predicted octanol–water partition coefficient (Wildman–Crippen LogP) is 2.06. The fourth-order valence-electron chi connectivity index (χ4n) is 3.19. The first-order valence-corrected chi connectivity index (χ1v) is 8.54. The van der Waals surface area contributed by atoms with Crippen LogP contribution in [0.25, 0.3) is 10.9 Å². The number of ether oxygens (including phenoxy) is 1. The molecule has 0 bridgehead atoms. The molecule has 0 spiro atoms. The van der Waals surface area contributed by atoms with Gasteiger partial charge in [0.25, 0.3) is 5.91 Å². The van der Waals surface area contributed by atoms with E-state index in [0.29, 0.717) is 31.3 Å². The third-order valence-corrected chi connectivity index (χ3v) is 4.52. The van der Waals surface area contributed by atoms with Crippen molar-refractivity contribution < 1.29 is 9.53 Å². The van der Waals surface area contributed by atoms with Crippen molar-refractivity contribution in [2.75, 3.05) is 13.2 Å². The summed E-state index contributed by atoms with van der Waals surface area (Å²) < 4.78 is 9.23. The van der Waals surface area contributed by atoms with Crippen LogP contribution in [-0.4, -0.2) is 38.6 Å². The van der Waals surface area contributed by atoms with Gasteiger partial charge in [0.05, 0.1) is 18.3 Å². The molecule has 130 valence electrons. The van der Waals surface area contributed by atoms with Crippen LogP contribution in [0.3, 0.4) is 0 Å². The van der Waals surface area contributed by atoms with Gasteiger partial charge in [-0.3, -0.25) is 9.48 Å². The first kappa shape index (κ1) is 15.7. The Labute approximate surface area is 145 Å². The molecular weight excluding hydrogens is 318 g/mol. The van der Waals surface area contributed by atoms with Crippen molar-refractivity contribution in [3.63, 3.8) is 0 Å². The maximum Gasteiger partial charge on any atom is 0.272 e. The smallest absolute Gasteiger partial charge is 0.272 e. The van der Waals surface area contributed by atoms with E-state index in [9.17, 15) is 4.79 Å². The lowest BCUT2D eigenvalue weighted by atomic mass is 10.2. The van der Waals surface area contributed by atoms with Crippen molar-refractivity contribution in [3.05, 3.63) is 41.2 Å². The van der Waals surface area contributed by atoms with Crippen LogP contribution in [0.5, 0.6) is 5.88 Å². The lowest BCUT2D eigenvalue weighted by molar-refractivity contribution is 0.0946. The summed E-state index contributed by atoms with van der Waals surface area (Å²) in [7, 11) is 0. The van der Waals surface area contributed by atoms with Gasteiger partial charge < -0.3 is 10.1 Å². The molecule has 0 unspecified atom stereocenters. The highest BCUT2D eigenvalue weighted by molar-refractivity contribution is 5.94. The average molecular weight is 339 g/mol. The van der Waals surface area contributed by atoms with Crippen molar-refractivity contribution in [1.82, 2.24) is 24.9 Å². The summed E-state index contributed by atoms with van der Waals surface area (Å²) in [6.07, 6.45) is 2.68. The Balaban J connectivity index is 1.35. The highest BCUT2D eigenvalue weighted by atomic mass is 16.5. The van der Waals surface area contributed by atoms with Crippen LogP contribution in [0.2, 0.25) is 0 Å². The van der Waals surface area contributed by atoms with E-state index in [1.807, 2.05) is 17.8 Å². The van der Waals surface area contributed by atoms with Crippen molar-refractivity contribution in [3.8, 4) is 5.88 Å². The number of rotatable bonds is 5. The molecule has 3 aromatic rings. The molecule has 1 aliphatic rings. The van der Waals surface area contributed by atoms with Gasteiger partial charge in [-0.1, -0.05) is 12.1 Å². The highest BCUT2D eigenvalue weighted by Crippen LogP contribution is 2.25. The van der Waals surface area contributed by atoms with E-state index in [4.69, 9.17) is 4.74 Å². The largest absolute Gasteiger partial charge is 0.476 e. The first-order valence-electron chi connectivity index (χ1n) is 8.54. The number of aromatic nitrogens is 4. The van der Waals surface area contributed by atoms with Crippen LogP contribution in [0.1, 0.15) is 28.0 Å². The van der Waals surface area contributed by atoms with Crippen molar-refractivity contribution in [2.45, 2.75) is 33.4 Å². The summed E-state index contributed by atoms with van der Waals surface area (Å²) >= 11 is 0. The van der Waals surface area contributed by atoms with Crippen LogP contribution in [0.15, 0.2) is 24.4 Å². The SMILES string of the molecule is Cc1ccc2cnn(CCCNC(=O)c3nn4c(c3C)OCC4)c2c1. The molecule has 4 rings (SSSR count). The van der Waals surface area contributed by atoms with Crippen molar-refractivity contribution >= 4 is 16.8 Å². The van der Waals surface area contributed by atoms with E-state index in [1.54, 1.807) is 4.68 Å². The molecular formula is C18H21N5O2. The summed E-state index contributed by atoms with van der Waals surface area (Å²) in [5.74, 6) is 0.563. The maximum atomic E-state index is 12.3. The molecule has 0 atom stereocenters. The molecule has 3 heterocycles. The number of amides is 1. The molecule has 7 heteroatoms. The molecule has 1 N–H and O–H groups in total. The van der Waals surface area contributed by atoms with Gasteiger partial charge in [-0.05, 0) is 31.9 Å². The fourth-order valence-corrected chi connectivity index (χ4v) is 3.19. The zero-order valence-corrected chi connectivity index (χ0v) is 14.5. The van der Waals surface area contributed by atoms with Gasteiger partial charge in [0.2, 0.25) is 5.88 Å². The van der Waals surface area contributed by atoms with Crippen LogP contribution in [-0.2, 0) is 13.1 Å². The lowest BCUT2D eigenvalue weighted by Gasteiger charge is -2.06. The van der Waals surface area contributed by atoms with Crippen LogP contribution < -0.4 is 10.1 Å². The minimum absolute atomic E-state index is 0.149. The number of carbonyl (C=O) groups is 1. The Morgan fingerprint density at radius 2 is 2.24 bits per heavy atom. The molecule has 0 saturated heterocycles. The van der Waals surface area contributed by atoms with E-state index < -0.39 is 0 Å². The second-order valence-corrected chi connectivity index (χ2v) is 6.39. The molecule has 1 amide bonds. The second-order valence-electron chi connectivity index (χ2n) is 6.39. The van der Waals surface area contributed by atoms with Crippen LogP contribution >= 0.6 is 0 Å². The number of hydrogen-bond donors (Lipinski definition) is 1. The van der Waals surface area contributed by atoms with Crippen LogP contribution in [0.4, 0.5) is 0 Å². The number of hydrogen-bond acceptors (Lipinski definition) is 4. The average Bonchev–Trinajstić information content (AvgIpc) is 3.28. The molecule has 0 radical (unpaired) electrons. The van der Waals surface area contributed by atoms with Crippen molar-refractivity contribution in [2.24, 2.45) is 0 Å². The van der Waals surface area contributed by atoms with Gasteiger partial charge in [-0.15, -0.1) is 0 Å². The van der Waals surface area contributed by atoms with E-state index in [-0.39, 0.29) is 5.91 Å². The standard InChI is InChI=1S/C18H21N5O2/c1-12-4-5-14-11-20-22(15(14)10-12)7-3-6-19-17(24)16-13(2)18-23(21-16)8-9-25-18/h4-5,10-11H,3,6-9H2,1-2H3,(H,19,24). The monoisotopic (exact) mass is 339 g/mol. The quantitative estimate of drug-likeness (QED) is 0.722. The van der Waals surface area contributed by atoms with E-state index >= 15 is 0 Å². The zero-order chi connectivity index (χ0) is 17.4. The minimum atomic E-state index is -0.149. The minimum Gasteiger partial charge on any atom is -0.476 e. The summed E-state index contributed by atoms with van der Waals surface area (Å²) in [6, 6.07) is 6.30. The predicted molar refractivity (Wildman–Crippen MR) is 93.9 cm³/mol. The third kappa shape index (κ3) is 2.86. The Bertz CT molecular complexity index is 940. The van der Waals surface area contributed by atoms with Crippen LogP contribution in [0, 0.1) is 13.8 Å². The Hall–Kier alpha value is -2.83. The molecule has 0 aliphatic carbocycles. The zero-order valence-electron chi connectivity index (χ0n) is 14.5. The number of fused-ring (bicyclic) bond motifs is 2. The number of nitrogens with zero attached hydrogens (tertiary/aromatic N) is 4. The number of aryl methyl sites for hydroxylation is 2. The molecule has 7 nitrogen and oxygen atoms in total. The molecule has 2 aromatic heterocycles. The summed E-state index contributed by atoms with van der Waals surface area (Å²) in [4.78, 5) is 12.3. The molecule has 0 fully saturated rings. The number of nitrogens with one attached hydrogen (secondary N) is 1. The summed E-state index contributed by atoms with van der Waals surface area (Å²) in [5, 5.41) is 12.8. The molecule has 0 saturated carbocycles. The normalized spacial score (nSPS) is 13.0. The Morgan fingerprint density at radius 1 is 1.36 bits per heavy atom. The van der Waals surface area contributed by atoms with E-state index in [0.717, 1.165) is 29.4 Å². The fraction of sp³-hybridized carbons (Fsp3) is 0.389. The lowest BCUT2D eigenvalue weighted by Crippen LogP contribution is -2.26. The molecule has 1 aromatic carbocycles. The second kappa shape index (κ2) is 6.23. The third-order valence-electron chi connectivity index (χ3n) is 4.52. The van der Waals surface area contributed by atoms with Gasteiger partial charge in [-0.25, -0.2) is 4.68 Å². The number of carbonyl (C=O) groups excluding carboxylic acids is 1. The summed E-state index contributed by atoms with van der Waals surface area (Å²) in [5.41, 5.74) is 3.61. The van der Waals surface area contributed by atoms with Crippen molar-refractivity contribution in [1.29, 1.82) is 0 Å². The molecule has 1 aliphatic heterocycles. The van der Waals surface area contributed by atoms with Gasteiger partial charge in [0.1, 0.15) is 6.61 Å². The topological polar surface area (TPSA) is 74.0 Å². The van der Waals surface area contributed by atoms with Gasteiger partial charge in [0.15, 0.2) is 5.69 Å². The molecule has 25 heavy (non-hydrogen) atoms. The maximum absolute atomic E-state index is 12.3. The Kier molecular flexibility index (Phi) is 3.91. The van der Waals surface area contributed by atoms with E-state index in [1.165, 1.54) is 5.56 Å². The highest BCUT2D eigenvalue weighted by Gasteiger charge is 2.24. The Morgan fingerprint density at radius 3 is 3.08 bits per heavy atom.